The van der Waals surface area contributed by atoms with Crippen LogP contribution in [0.4, 0.5) is 0 Å². The third-order valence-corrected chi connectivity index (χ3v) is 4.89. The highest BCUT2D eigenvalue weighted by Crippen LogP contribution is 2.11. The number of sulfonamides is 1. The third kappa shape index (κ3) is 5.63. The van der Waals surface area contributed by atoms with Gasteiger partial charge in [-0.2, -0.15) is 4.31 Å². The fourth-order valence-corrected chi connectivity index (χ4v) is 3.17. The van der Waals surface area contributed by atoms with Crippen molar-refractivity contribution in [2.45, 2.75) is 6.54 Å². The van der Waals surface area contributed by atoms with Crippen molar-refractivity contribution >= 4 is 27.5 Å². The molecular formula is C17H19ClN2O3S. The van der Waals surface area contributed by atoms with E-state index >= 15 is 0 Å². The largest absolute Gasteiger partial charge is 0.351 e. The number of nitrogens with one attached hydrogen (secondary N) is 1. The van der Waals surface area contributed by atoms with Gasteiger partial charge in [0.2, 0.25) is 10.0 Å². The number of hydrogen-bond donors (Lipinski definition) is 1. The summed E-state index contributed by atoms with van der Waals surface area (Å²) in [6.07, 6.45) is 1.16. The topological polar surface area (TPSA) is 66.5 Å². The van der Waals surface area contributed by atoms with E-state index in [0.717, 1.165) is 11.8 Å². The Morgan fingerprint density at radius 2 is 1.83 bits per heavy atom. The molecule has 0 aromatic heterocycles. The standard InChI is InChI=1S/C17H19ClN2O3S/c1-24(22,23)20(13-14-6-3-2-4-7-14)11-10-19-17(21)15-8-5-9-16(18)12-15/h2-9,12H,10-11,13H2,1H3,(H,19,21). The van der Waals surface area contributed by atoms with Crippen LogP contribution in [-0.2, 0) is 16.6 Å². The van der Waals surface area contributed by atoms with Crippen LogP contribution in [-0.4, -0.2) is 38.0 Å². The van der Waals surface area contributed by atoms with Crippen molar-refractivity contribution in [3.8, 4) is 0 Å². The summed E-state index contributed by atoms with van der Waals surface area (Å²) in [6, 6.07) is 15.9. The van der Waals surface area contributed by atoms with E-state index in [9.17, 15) is 13.2 Å². The Balaban J connectivity index is 1.95. The van der Waals surface area contributed by atoms with E-state index in [1.165, 1.54) is 4.31 Å². The number of benzene rings is 2. The maximum atomic E-state index is 12.0. The zero-order valence-corrected chi connectivity index (χ0v) is 14.8. The van der Waals surface area contributed by atoms with Gasteiger partial charge in [-0.3, -0.25) is 4.79 Å². The molecule has 0 spiro atoms. The minimum atomic E-state index is -3.37. The summed E-state index contributed by atoms with van der Waals surface area (Å²) in [7, 11) is -3.37. The van der Waals surface area contributed by atoms with Crippen LogP contribution in [0.3, 0.4) is 0 Å². The lowest BCUT2D eigenvalue weighted by atomic mass is 10.2. The highest BCUT2D eigenvalue weighted by molar-refractivity contribution is 7.88. The first kappa shape index (κ1) is 18.4. The van der Waals surface area contributed by atoms with Crippen LogP contribution < -0.4 is 5.32 Å². The highest BCUT2D eigenvalue weighted by atomic mass is 35.5. The van der Waals surface area contributed by atoms with Crippen molar-refractivity contribution in [3.05, 3.63) is 70.7 Å². The molecule has 2 aromatic carbocycles. The molecule has 7 heteroatoms. The molecule has 1 amide bonds. The summed E-state index contributed by atoms with van der Waals surface area (Å²) in [4.78, 5) is 12.0. The maximum absolute atomic E-state index is 12.0. The molecule has 24 heavy (non-hydrogen) atoms. The number of nitrogens with zero attached hydrogens (tertiary/aromatic N) is 1. The summed E-state index contributed by atoms with van der Waals surface area (Å²) < 4.78 is 25.2. The number of rotatable bonds is 7. The quantitative estimate of drug-likeness (QED) is 0.818. The predicted octanol–water partition coefficient (Wildman–Crippen LogP) is 2.53. The molecule has 0 bridgehead atoms. The van der Waals surface area contributed by atoms with Gasteiger partial charge in [-0.15, -0.1) is 0 Å². The van der Waals surface area contributed by atoms with Crippen molar-refractivity contribution in [3.63, 3.8) is 0 Å². The maximum Gasteiger partial charge on any atom is 0.251 e. The monoisotopic (exact) mass is 366 g/mol. The Morgan fingerprint density at radius 3 is 2.46 bits per heavy atom. The lowest BCUT2D eigenvalue weighted by Gasteiger charge is -2.20. The lowest BCUT2D eigenvalue weighted by molar-refractivity contribution is 0.0951. The first-order valence-corrected chi connectivity index (χ1v) is 9.62. The normalized spacial score (nSPS) is 11.5. The number of hydrogen-bond acceptors (Lipinski definition) is 3. The van der Waals surface area contributed by atoms with Crippen LogP contribution in [0.2, 0.25) is 5.02 Å². The number of amides is 1. The molecule has 0 aliphatic carbocycles. The summed E-state index contributed by atoms with van der Waals surface area (Å²) in [6.45, 7) is 0.679. The van der Waals surface area contributed by atoms with Crippen molar-refractivity contribution in [2.24, 2.45) is 0 Å². The van der Waals surface area contributed by atoms with Gasteiger partial charge in [0, 0.05) is 30.2 Å². The molecule has 0 saturated heterocycles. The molecule has 2 aromatic rings. The van der Waals surface area contributed by atoms with Gasteiger partial charge >= 0.3 is 0 Å². The Bertz CT molecular complexity index is 794. The Morgan fingerprint density at radius 1 is 1.12 bits per heavy atom. The zero-order chi connectivity index (χ0) is 17.6. The van der Waals surface area contributed by atoms with Crippen LogP contribution in [0.25, 0.3) is 0 Å². The molecule has 0 aliphatic rings. The fourth-order valence-electron chi connectivity index (χ4n) is 2.18. The van der Waals surface area contributed by atoms with Gasteiger partial charge in [0.1, 0.15) is 0 Å². The van der Waals surface area contributed by atoms with E-state index in [1.807, 2.05) is 30.3 Å². The molecule has 128 valence electrons. The van der Waals surface area contributed by atoms with Crippen molar-refractivity contribution in [2.75, 3.05) is 19.3 Å². The Hall–Kier alpha value is -1.89. The number of carbonyl (C=O) groups is 1. The predicted molar refractivity (Wildman–Crippen MR) is 95.5 cm³/mol. The van der Waals surface area contributed by atoms with Crippen molar-refractivity contribution in [1.82, 2.24) is 9.62 Å². The van der Waals surface area contributed by atoms with Crippen LogP contribution >= 0.6 is 11.6 Å². The molecule has 0 radical (unpaired) electrons. The van der Waals surface area contributed by atoms with Gasteiger partial charge < -0.3 is 5.32 Å². The van der Waals surface area contributed by atoms with Crippen molar-refractivity contribution in [1.29, 1.82) is 0 Å². The summed E-state index contributed by atoms with van der Waals surface area (Å²) >= 11 is 5.86. The third-order valence-electron chi connectivity index (χ3n) is 3.40. The second-order valence-electron chi connectivity index (χ2n) is 5.35. The number of halogens is 1. The van der Waals surface area contributed by atoms with E-state index in [4.69, 9.17) is 11.6 Å². The minimum absolute atomic E-state index is 0.194. The molecule has 0 unspecified atom stereocenters. The first-order chi connectivity index (χ1) is 11.4. The smallest absolute Gasteiger partial charge is 0.251 e. The van der Waals surface area contributed by atoms with E-state index in [0.29, 0.717) is 10.6 Å². The zero-order valence-electron chi connectivity index (χ0n) is 13.3. The first-order valence-electron chi connectivity index (χ1n) is 7.39. The van der Waals surface area contributed by atoms with E-state index in [2.05, 4.69) is 5.32 Å². The highest BCUT2D eigenvalue weighted by Gasteiger charge is 2.17. The van der Waals surface area contributed by atoms with Crippen LogP contribution in [0.5, 0.6) is 0 Å². The van der Waals surface area contributed by atoms with Gasteiger partial charge in [0.25, 0.3) is 5.91 Å². The molecule has 0 atom stereocenters. The van der Waals surface area contributed by atoms with Gasteiger partial charge in [-0.05, 0) is 23.8 Å². The Labute approximate surface area is 147 Å². The van der Waals surface area contributed by atoms with Crippen LogP contribution in [0.15, 0.2) is 54.6 Å². The van der Waals surface area contributed by atoms with Crippen LogP contribution in [0.1, 0.15) is 15.9 Å². The average Bonchev–Trinajstić information content (AvgIpc) is 2.54. The van der Waals surface area contributed by atoms with Gasteiger partial charge in [-0.1, -0.05) is 48.0 Å². The Kier molecular flexibility index (Phi) is 6.36. The van der Waals surface area contributed by atoms with E-state index in [-0.39, 0.29) is 25.5 Å². The van der Waals surface area contributed by atoms with Crippen molar-refractivity contribution < 1.29 is 13.2 Å². The van der Waals surface area contributed by atoms with E-state index < -0.39 is 10.0 Å². The lowest BCUT2D eigenvalue weighted by Crippen LogP contribution is -2.37. The molecule has 2 rings (SSSR count). The average molecular weight is 367 g/mol. The van der Waals surface area contributed by atoms with Gasteiger partial charge in [-0.25, -0.2) is 8.42 Å². The van der Waals surface area contributed by atoms with Gasteiger partial charge in [0.05, 0.1) is 6.26 Å². The molecule has 0 heterocycles. The molecular weight excluding hydrogens is 348 g/mol. The van der Waals surface area contributed by atoms with Gasteiger partial charge in [0.15, 0.2) is 0 Å². The summed E-state index contributed by atoms with van der Waals surface area (Å²) in [5, 5.41) is 3.19. The summed E-state index contributed by atoms with van der Waals surface area (Å²) in [5.74, 6) is -0.286. The molecule has 1 N–H and O–H groups in total. The number of carbonyl (C=O) groups excluding carboxylic acids is 1. The molecule has 5 nitrogen and oxygen atoms in total. The molecule has 0 saturated carbocycles. The van der Waals surface area contributed by atoms with E-state index in [1.54, 1.807) is 24.3 Å². The second kappa shape index (κ2) is 8.28. The summed E-state index contributed by atoms with van der Waals surface area (Å²) in [5.41, 5.74) is 1.33. The minimum Gasteiger partial charge on any atom is -0.351 e. The SMILES string of the molecule is CS(=O)(=O)N(CCNC(=O)c1cccc(Cl)c1)Cc1ccccc1. The second-order valence-corrected chi connectivity index (χ2v) is 7.77. The molecule has 0 fully saturated rings. The van der Waals surface area contributed by atoms with Crippen LogP contribution in [0, 0.1) is 0 Å². The fraction of sp³-hybridized carbons (Fsp3) is 0.235. The molecule has 0 aliphatic heterocycles.